The van der Waals surface area contributed by atoms with Gasteiger partial charge in [-0.2, -0.15) is 0 Å². The van der Waals surface area contributed by atoms with Crippen molar-refractivity contribution in [3.05, 3.63) is 0 Å². The molecule has 0 amide bonds. The van der Waals surface area contributed by atoms with Crippen molar-refractivity contribution in [3.8, 4) is 0 Å². The molecule has 5 heteroatoms. The highest BCUT2D eigenvalue weighted by atomic mass is 32.2. The van der Waals surface area contributed by atoms with Gasteiger partial charge in [-0.25, -0.2) is 13.1 Å². The Bertz CT molecular complexity index is 315. The second-order valence-corrected chi connectivity index (χ2v) is 7.31. The van der Waals surface area contributed by atoms with Gasteiger partial charge in [0.05, 0.1) is 5.25 Å². The summed E-state index contributed by atoms with van der Waals surface area (Å²) < 4.78 is 27.4. The highest BCUT2D eigenvalue weighted by Gasteiger charge is 2.29. The van der Waals surface area contributed by atoms with Crippen LogP contribution in [0.3, 0.4) is 0 Å². The van der Waals surface area contributed by atoms with Gasteiger partial charge in [-0.3, -0.25) is 0 Å². The van der Waals surface area contributed by atoms with Gasteiger partial charge in [0, 0.05) is 12.6 Å². The van der Waals surface area contributed by atoms with Crippen molar-refractivity contribution in [1.29, 1.82) is 0 Å². The molecule has 2 N–H and O–H groups in total. The highest BCUT2D eigenvalue weighted by Crippen LogP contribution is 2.23. The van der Waals surface area contributed by atoms with Crippen LogP contribution in [0, 0.1) is 0 Å². The molecule has 1 aliphatic heterocycles. The molecule has 2 fully saturated rings. The zero-order chi connectivity index (χ0) is 12.1. The third kappa shape index (κ3) is 3.93. The van der Waals surface area contributed by atoms with Crippen LogP contribution in [-0.4, -0.2) is 32.8 Å². The van der Waals surface area contributed by atoms with Crippen LogP contribution in [-0.2, 0) is 10.0 Å². The largest absolute Gasteiger partial charge is 0.315 e. The van der Waals surface area contributed by atoms with E-state index in [1.165, 1.54) is 6.42 Å². The van der Waals surface area contributed by atoms with Crippen molar-refractivity contribution in [3.63, 3.8) is 0 Å². The molecule has 0 aromatic carbocycles. The predicted molar refractivity (Wildman–Crippen MR) is 69.4 cm³/mol. The number of sulfonamides is 1. The minimum Gasteiger partial charge on any atom is -0.315 e. The molecule has 1 saturated heterocycles. The fraction of sp³-hybridized carbons (Fsp3) is 1.00. The molecule has 0 aromatic rings. The maximum absolute atomic E-state index is 12.2. The quantitative estimate of drug-likeness (QED) is 0.806. The van der Waals surface area contributed by atoms with Crippen LogP contribution in [0.2, 0.25) is 0 Å². The Hall–Kier alpha value is -0.130. The molecular formula is C12H24N2O2S. The van der Waals surface area contributed by atoms with Gasteiger partial charge in [-0.1, -0.05) is 25.7 Å². The van der Waals surface area contributed by atoms with Crippen LogP contribution in [0.1, 0.15) is 51.4 Å². The van der Waals surface area contributed by atoms with Gasteiger partial charge in [-0.15, -0.1) is 0 Å². The van der Waals surface area contributed by atoms with E-state index in [-0.39, 0.29) is 11.3 Å². The summed E-state index contributed by atoms with van der Waals surface area (Å²) in [6.45, 7) is 1.80. The average molecular weight is 260 g/mol. The van der Waals surface area contributed by atoms with Crippen molar-refractivity contribution in [2.45, 2.75) is 62.7 Å². The molecule has 100 valence electrons. The van der Waals surface area contributed by atoms with Crippen LogP contribution in [0.4, 0.5) is 0 Å². The van der Waals surface area contributed by atoms with Crippen molar-refractivity contribution in [1.82, 2.24) is 10.0 Å². The first-order chi connectivity index (χ1) is 8.18. The van der Waals surface area contributed by atoms with Crippen LogP contribution in [0.5, 0.6) is 0 Å². The summed E-state index contributed by atoms with van der Waals surface area (Å²) in [5.41, 5.74) is 0. The van der Waals surface area contributed by atoms with E-state index in [0.29, 0.717) is 0 Å². The summed E-state index contributed by atoms with van der Waals surface area (Å²) in [6, 6.07) is 0.101. The number of rotatable bonds is 3. The molecular weight excluding hydrogens is 236 g/mol. The summed E-state index contributed by atoms with van der Waals surface area (Å²) >= 11 is 0. The van der Waals surface area contributed by atoms with Gasteiger partial charge in [0.15, 0.2) is 0 Å². The van der Waals surface area contributed by atoms with Gasteiger partial charge >= 0.3 is 0 Å². The van der Waals surface area contributed by atoms with Gasteiger partial charge in [0.2, 0.25) is 10.0 Å². The van der Waals surface area contributed by atoms with E-state index in [1.807, 2.05) is 0 Å². The SMILES string of the molecule is O=S(=O)(NC1CCCCNC1)C1CCCCC1. The fourth-order valence-corrected chi connectivity index (χ4v) is 4.64. The summed E-state index contributed by atoms with van der Waals surface area (Å²) in [4.78, 5) is 0. The second kappa shape index (κ2) is 6.16. The average Bonchev–Trinajstić information content (AvgIpc) is 2.58. The minimum atomic E-state index is -3.09. The molecule has 0 bridgehead atoms. The minimum absolute atomic E-state index is 0.101. The van der Waals surface area contributed by atoms with E-state index in [1.54, 1.807) is 0 Å². The molecule has 17 heavy (non-hydrogen) atoms. The molecule has 2 aliphatic rings. The highest BCUT2D eigenvalue weighted by molar-refractivity contribution is 7.90. The summed E-state index contributed by atoms with van der Waals surface area (Å²) in [5, 5.41) is 3.16. The first kappa shape index (κ1) is 13.3. The monoisotopic (exact) mass is 260 g/mol. The van der Waals surface area contributed by atoms with Crippen LogP contribution in [0.25, 0.3) is 0 Å². The Kier molecular flexibility index (Phi) is 4.82. The Balaban J connectivity index is 1.90. The van der Waals surface area contributed by atoms with Crippen molar-refractivity contribution < 1.29 is 8.42 Å². The molecule has 0 spiro atoms. The van der Waals surface area contributed by atoms with E-state index in [2.05, 4.69) is 10.0 Å². The zero-order valence-corrected chi connectivity index (χ0v) is 11.3. The lowest BCUT2D eigenvalue weighted by molar-refractivity contribution is 0.463. The lowest BCUT2D eigenvalue weighted by Gasteiger charge is -2.25. The second-order valence-electron chi connectivity index (χ2n) is 5.32. The van der Waals surface area contributed by atoms with Crippen LogP contribution >= 0.6 is 0 Å². The topological polar surface area (TPSA) is 58.2 Å². The summed E-state index contributed by atoms with van der Waals surface area (Å²) in [6.07, 6.45) is 8.25. The Morgan fingerprint density at radius 3 is 2.41 bits per heavy atom. The van der Waals surface area contributed by atoms with Gasteiger partial charge in [0.25, 0.3) is 0 Å². The fourth-order valence-electron chi connectivity index (χ4n) is 2.82. The van der Waals surface area contributed by atoms with E-state index < -0.39 is 10.0 Å². The molecule has 1 heterocycles. The normalized spacial score (nSPS) is 28.8. The maximum Gasteiger partial charge on any atom is 0.214 e. The standard InChI is InChI=1S/C12H24N2O2S/c15-17(16,12-7-2-1-3-8-12)14-11-6-4-5-9-13-10-11/h11-14H,1-10H2. The predicted octanol–water partition coefficient (Wildman–Crippen LogP) is 1.38. The number of nitrogens with one attached hydrogen (secondary N) is 2. The first-order valence-corrected chi connectivity index (χ1v) is 8.45. The molecule has 0 aromatic heterocycles. The van der Waals surface area contributed by atoms with E-state index in [4.69, 9.17) is 0 Å². The Morgan fingerprint density at radius 1 is 0.941 bits per heavy atom. The molecule has 1 saturated carbocycles. The van der Waals surface area contributed by atoms with Crippen LogP contribution in [0.15, 0.2) is 0 Å². The summed E-state index contributed by atoms with van der Waals surface area (Å²) in [7, 11) is -3.09. The van der Waals surface area contributed by atoms with E-state index >= 15 is 0 Å². The van der Waals surface area contributed by atoms with E-state index in [9.17, 15) is 8.42 Å². The van der Waals surface area contributed by atoms with Crippen LogP contribution < -0.4 is 10.0 Å². The third-order valence-corrected chi connectivity index (χ3v) is 5.88. The Labute approximate surface area is 105 Å². The molecule has 0 radical (unpaired) electrons. The maximum atomic E-state index is 12.2. The number of hydrogen-bond donors (Lipinski definition) is 2. The summed E-state index contributed by atoms with van der Waals surface area (Å²) in [5.74, 6) is 0. The number of hydrogen-bond acceptors (Lipinski definition) is 3. The third-order valence-electron chi connectivity index (χ3n) is 3.87. The zero-order valence-electron chi connectivity index (χ0n) is 10.5. The lowest BCUT2D eigenvalue weighted by Crippen LogP contribution is -2.45. The van der Waals surface area contributed by atoms with Gasteiger partial charge in [-0.05, 0) is 32.2 Å². The molecule has 2 rings (SSSR count). The van der Waals surface area contributed by atoms with Crippen molar-refractivity contribution in [2.24, 2.45) is 0 Å². The van der Waals surface area contributed by atoms with E-state index in [0.717, 1.165) is 58.0 Å². The molecule has 4 nitrogen and oxygen atoms in total. The van der Waals surface area contributed by atoms with Gasteiger partial charge < -0.3 is 5.32 Å². The Morgan fingerprint density at radius 2 is 1.65 bits per heavy atom. The molecule has 1 aliphatic carbocycles. The smallest absolute Gasteiger partial charge is 0.214 e. The van der Waals surface area contributed by atoms with Crippen molar-refractivity contribution in [2.75, 3.05) is 13.1 Å². The molecule has 1 atom stereocenters. The van der Waals surface area contributed by atoms with Crippen molar-refractivity contribution >= 4 is 10.0 Å². The lowest BCUT2D eigenvalue weighted by atomic mass is 10.0. The van der Waals surface area contributed by atoms with Gasteiger partial charge in [0.1, 0.15) is 0 Å². The first-order valence-electron chi connectivity index (χ1n) is 6.90. The molecule has 1 unspecified atom stereocenters.